The van der Waals surface area contributed by atoms with Gasteiger partial charge in [0.05, 0.1) is 6.54 Å². The van der Waals surface area contributed by atoms with Gasteiger partial charge in [0, 0.05) is 19.3 Å². The van der Waals surface area contributed by atoms with Gasteiger partial charge in [-0.3, -0.25) is 4.79 Å². The molecule has 0 saturated carbocycles. The van der Waals surface area contributed by atoms with E-state index in [0.717, 1.165) is 18.4 Å². The Morgan fingerprint density at radius 1 is 1.04 bits per heavy atom. The van der Waals surface area contributed by atoms with Crippen LogP contribution in [0.5, 0.6) is 0 Å². The van der Waals surface area contributed by atoms with Crippen molar-refractivity contribution in [2.75, 3.05) is 13.1 Å². The monoisotopic (exact) mass is 346 g/mol. The van der Waals surface area contributed by atoms with Crippen LogP contribution >= 0.6 is 0 Å². The van der Waals surface area contributed by atoms with E-state index in [2.05, 4.69) is 6.92 Å². The lowest BCUT2D eigenvalue weighted by Gasteiger charge is -2.29. The van der Waals surface area contributed by atoms with Crippen molar-refractivity contribution in [2.24, 2.45) is 5.92 Å². The number of rotatable bonds is 4. The first-order valence-electron chi connectivity index (χ1n) is 8.22. The van der Waals surface area contributed by atoms with Crippen molar-refractivity contribution in [2.45, 2.75) is 31.2 Å². The molecule has 0 radical (unpaired) electrons. The molecule has 2 aromatic rings. The van der Waals surface area contributed by atoms with Crippen molar-refractivity contribution < 1.29 is 8.42 Å². The molecule has 5 nitrogen and oxygen atoms in total. The fourth-order valence-electron chi connectivity index (χ4n) is 2.98. The van der Waals surface area contributed by atoms with E-state index >= 15 is 0 Å². The topological polar surface area (TPSA) is 59.4 Å². The summed E-state index contributed by atoms with van der Waals surface area (Å²) >= 11 is 0. The molecule has 1 fully saturated rings. The number of pyridine rings is 1. The van der Waals surface area contributed by atoms with Gasteiger partial charge in [-0.25, -0.2) is 8.42 Å². The summed E-state index contributed by atoms with van der Waals surface area (Å²) < 4.78 is 28.6. The molecule has 6 heteroatoms. The quantitative estimate of drug-likeness (QED) is 0.854. The second-order valence-corrected chi connectivity index (χ2v) is 8.28. The Hall–Kier alpha value is -1.92. The highest BCUT2D eigenvalue weighted by Crippen LogP contribution is 2.21. The lowest BCUT2D eigenvalue weighted by atomic mass is 10.0. The van der Waals surface area contributed by atoms with Crippen LogP contribution in [-0.2, 0) is 16.6 Å². The van der Waals surface area contributed by atoms with E-state index in [4.69, 9.17) is 0 Å². The van der Waals surface area contributed by atoms with E-state index in [-0.39, 0.29) is 4.90 Å². The van der Waals surface area contributed by atoms with Gasteiger partial charge < -0.3 is 4.57 Å². The Morgan fingerprint density at radius 3 is 2.38 bits per heavy atom. The van der Waals surface area contributed by atoms with Crippen LogP contribution in [0, 0.1) is 5.92 Å². The number of nitrogens with zero attached hydrogens (tertiary/aromatic N) is 2. The summed E-state index contributed by atoms with van der Waals surface area (Å²) in [6.07, 6.45) is 3.31. The van der Waals surface area contributed by atoms with Crippen LogP contribution in [0.15, 0.2) is 58.4 Å². The second kappa shape index (κ2) is 6.91. The van der Waals surface area contributed by atoms with Gasteiger partial charge in [-0.1, -0.05) is 37.3 Å². The number of sulfonamides is 1. The van der Waals surface area contributed by atoms with Crippen LogP contribution in [0.2, 0.25) is 0 Å². The lowest BCUT2D eigenvalue weighted by molar-refractivity contribution is 0.287. The number of aromatic nitrogens is 1. The summed E-state index contributed by atoms with van der Waals surface area (Å²) in [5.74, 6) is 0.530. The summed E-state index contributed by atoms with van der Waals surface area (Å²) in [4.78, 5) is 12.6. The summed E-state index contributed by atoms with van der Waals surface area (Å²) in [6, 6.07) is 12.6. The Balaban J connectivity index is 1.91. The number of benzene rings is 1. The molecule has 1 aliphatic rings. The molecule has 1 aromatic carbocycles. The summed E-state index contributed by atoms with van der Waals surface area (Å²) in [5, 5.41) is 0. The zero-order valence-electron chi connectivity index (χ0n) is 13.8. The van der Waals surface area contributed by atoms with Gasteiger partial charge in [0.1, 0.15) is 4.90 Å². The Bertz CT molecular complexity index is 851. The average Bonchev–Trinajstić information content (AvgIpc) is 2.58. The fourth-order valence-corrected chi connectivity index (χ4v) is 4.54. The first-order chi connectivity index (χ1) is 11.5. The van der Waals surface area contributed by atoms with Gasteiger partial charge in [-0.2, -0.15) is 4.31 Å². The van der Waals surface area contributed by atoms with Gasteiger partial charge >= 0.3 is 0 Å². The normalized spacial score (nSPS) is 17.0. The summed E-state index contributed by atoms with van der Waals surface area (Å²) in [7, 11) is -3.73. The molecule has 1 aromatic heterocycles. The van der Waals surface area contributed by atoms with Crippen LogP contribution < -0.4 is 5.56 Å². The molecule has 0 atom stereocenters. The van der Waals surface area contributed by atoms with Crippen molar-refractivity contribution in [3.05, 3.63) is 64.6 Å². The van der Waals surface area contributed by atoms with Crippen molar-refractivity contribution in [3.63, 3.8) is 0 Å². The molecule has 128 valence electrons. The highest BCUT2D eigenvalue weighted by molar-refractivity contribution is 7.89. The molecule has 2 heterocycles. The summed E-state index contributed by atoms with van der Waals surface area (Å²) in [6.45, 7) is 3.45. The molecule has 1 saturated heterocycles. The minimum atomic E-state index is -3.73. The molecular formula is C18H22N2O3S. The third-order valence-electron chi connectivity index (χ3n) is 4.54. The van der Waals surface area contributed by atoms with E-state index in [1.54, 1.807) is 12.3 Å². The van der Waals surface area contributed by atoms with E-state index < -0.39 is 15.6 Å². The van der Waals surface area contributed by atoms with Crippen molar-refractivity contribution in [1.29, 1.82) is 0 Å². The van der Waals surface area contributed by atoms with Crippen molar-refractivity contribution in [1.82, 2.24) is 8.87 Å². The van der Waals surface area contributed by atoms with Crippen LogP contribution in [0.4, 0.5) is 0 Å². The van der Waals surface area contributed by atoms with Gasteiger partial charge in [0.25, 0.3) is 5.56 Å². The molecule has 3 rings (SSSR count). The third-order valence-corrected chi connectivity index (χ3v) is 6.45. The standard InChI is InChI=1S/C18H22N2O3S/c1-15-9-12-20(13-10-15)24(22,23)17-8-5-11-19(18(17)21)14-16-6-3-2-4-7-16/h2-8,11,15H,9-10,12-14H2,1H3. The first kappa shape index (κ1) is 16.9. The van der Waals surface area contributed by atoms with Gasteiger partial charge in [0.2, 0.25) is 10.0 Å². The molecule has 0 N–H and O–H groups in total. The minimum absolute atomic E-state index is 0.129. The van der Waals surface area contributed by atoms with Gasteiger partial charge in [0.15, 0.2) is 0 Å². The van der Waals surface area contributed by atoms with E-state index in [9.17, 15) is 13.2 Å². The van der Waals surface area contributed by atoms with Crippen molar-refractivity contribution in [3.8, 4) is 0 Å². The smallest absolute Gasteiger partial charge is 0.271 e. The van der Waals surface area contributed by atoms with Crippen LogP contribution in [0.3, 0.4) is 0 Å². The van der Waals surface area contributed by atoms with Gasteiger partial charge in [-0.05, 0) is 36.5 Å². The maximum absolute atomic E-state index is 12.8. The van der Waals surface area contributed by atoms with Crippen LogP contribution in [0.1, 0.15) is 25.3 Å². The predicted molar refractivity (Wildman–Crippen MR) is 93.4 cm³/mol. The number of piperidine rings is 1. The molecule has 1 aliphatic heterocycles. The Morgan fingerprint density at radius 2 is 1.71 bits per heavy atom. The van der Waals surface area contributed by atoms with Crippen LogP contribution in [0.25, 0.3) is 0 Å². The van der Waals surface area contributed by atoms with E-state index in [0.29, 0.717) is 25.6 Å². The maximum atomic E-state index is 12.8. The van der Waals surface area contributed by atoms with Crippen LogP contribution in [-0.4, -0.2) is 30.4 Å². The minimum Gasteiger partial charge on any atom is -0.310 e. The largest absolute Gasteiger partial charge is 0.310 e. The third kappa shape index (κ3) is 3.44. The zero-order chi connectivity index (χ0) is 17.2. The second-order valence-electron chi connectivity index (χ2n) is 6.38. The predicted octanol–water partition coefficient (Wildman–Crippen LogP) is 2.32. The molecule has 0 spiro atoms. The first-order valence-corrected chi connectivity index (χ1v) is 9.66. The highest BCUT2D eigenvalue weighted by atomic mass is 32.2. The van der Waals surface area contributed by atoms with Crippen molar-refractivity contribution >= 4 is 10.0 Å². The van der Waals surface area contributed by atoms with E-state index in [1.807, 2.05) is 30.3 Å². The lowest BCUT2D eigenvalue weighted by Crippen LogP contribution is -2.40. The summed E-state index contributed by atoms with van der Waals surface area (Å²) in [5.41, 5.74) is 0.501. The molecular weight excluding hydrogens is 324 g/mol. The molecule has 0 bridgehead atoms. The molecule has 0 aliphatic carbocycles. The number of hydrogen-bond acceptors (Lipinski definition) is 3. The average molecular weight is 346 g/mol. The number of hydrogen-bond donors (Lipinski definition) is 0. The Labute approximate surface area is 142 Å². The maximum Gasteiger partial charge on any atom is 0.271 e. The molecule has 0 amide bonds. The molecule has 0 unspecified atom stereocenters. The SMILES string of the molecule is CC1CCN(S(=O)(=O)c2cccn(Cc3ccccc3)c2=O)CC1. The Kier molecular flexibility index (Phi) is 4.87. The van der Waals surface area contributed by atoms with E-state index in [1.165, 1.54) is 14.9 Å². The zero-order valence-corrected chi connectivity index (χ0v) is 14.6. The fraction of sp³-hybridized carbons (Fsp3) is 0.389. The molecule has 24 heavy (non-hydrogen) atoms. The van der Waals surface area contributed by atoms with Gasteiger partial charge in [-0.15, -0.1) is 0 Å². The highest BCUT2D eigenvalue weighted by Gasteiger charge is 2.30.